The predicted octanol–water partition coefficient (Wildman–Crippen LogP) is -4.25. The molecule has 16 atom stereocenters. The van der Waals surface area contributed by atoms with Gasteiger partial charge in [-0.2, -0.15) is 13.6 Å². The summed E-state index contributed by atoms with van der Waals surface area (Å²) in [6, 6.07) is 0. The fraction of sp³-hybridized carbons (Fsp3) is 0.545. The van der Waals surface area contributed by atoms with Crippen LogP contribution < -0.4 is 32.5 Å². The summed E-state index contributed by atoms with van der Waals surface area (Å²) in [6.45, 7) is -3.38. The number of phosphoric ester groups is 3. The number of hydrogen-bond donors (Lipinski definition) is 13. The molecule has 3 aliphatic rings. The first-order valence-electron chi connectivity index (χ1n) is 21.6. The lowest BCUT2D eigenvalue weighted by atomic mass is 10.1. The number of fused-ring (bicyclic) bond motifs is 3. The number of nitrogens with one attached hydrogen (secondary N) is 3. The molecule has 0 saturated carbocycles. The van der Waals surface area contributed by atoms with Gasteiger partial charge in [-0.3, -0.25) is 51.4 Å². The van der Waals surface area contributed by atoms with Crippen molar-refractivity contribution in [1.82, 2.24) is 53.6 Å². The van der Waals surface area contributed by atoms with Crippen LogP contribution in [0.3, 0.4) is 0 Å². The minimum atomic E-state index is -6.20. The number of methoxy groups -OCH3 is 1. The van der Waals surface area contributed by atoms with Gasteiger partial charge in [0.25, 0.3) is 17.1 Å². The Balaban J connectivity index is 0.868. The van der Waals surface area contributed by atoms with Crippen LogP contribution in [0.2, 0.25) is 0 Å². The number of nitrogens with two attached hydrogens (primary N) is 2. The third-order valence-electron chi connectivity index (χ3n) is 11.8. The molecule has 6 aromatic rings. The van der Waals surface area contributed by atoms with Crippen LogP contribution in [0.15, 0.2) is 34.9 Å². The number of nitrogen functional groups attached to an aromatic ring is 2. The highest BCUT2D eigenvalue weighted by Gasteiger charge is 2.54. The molecular weight excluding hydrogens is 1110 g/mol. The number of hydrogen-bond acceptors (Lipinski definition) is 29. The van der Waals surface area contributed by atoms with E-state index < -0.39 is 136 Å². The quantitative estimate of drug-likeness (QED) is 0.0254. The van der Waals surface area contributed by atoms with Gasteiger partial charge in [0.1, 0.15) is 66.8 Å². The molecule has 3 saturated heterocycles. The van der Waals surface area contributed by atoms with Gasteiger partial charge in [-0.05, 0) is 0 Å². The molecule has 43 heteroatoms. The van der Waals surface area contributed by atoms with Crippen molar-refractivity contribution < 1.29 is 108 Å². The molecule has 0 amide bonds. The zero-order chi connectivity index (χ0) is 55.0. The molecule has 76 heavy (non-hydrogen) atoms. The zero-order valence-corrected chi connectivity index (χ0v) is 42.5. The average Bonchev–Trinajstić information content (AvgIpc) is 4.19. The van der Waals surface area contributed by atoms with Crippen LogP contribution >= 0.6 is 31.3 Å². The van der Waals surface area contributed by atoms with Crippen molar-refractivity contribution in [3.63, 3.8) is 0 Å². The van der Waals surface area contributed by atoms with E-state index >= 15 is 0 Å². The Labute approximate surface area is 421 Å². The van der Waals surface area contributed by atoms with E-state index in [1.54, 1.807) is 0 Å². The number of aromatic nitrogens is 12. The van der Waals surface area contributed by atoms with Crippen LogP contribution in [0.1, 0.15) is 18.7 Å². The van der Waals surface area contributed by atoms with Gasteiger partial charge in [-0.15, -0.1) is 0 Å². The van der Waals surface area contributed by atoms with Crippen molar-refractivity contribution in [3.8, 4) is 0 Å². The smallest absolute Gasteiger partial charge is 0.387 e. The second kappa shape index (κ2) is 20.9. The molecule has 0 aliphatic carbocycles. The van der Waals surface area contributed by atoms with Gasteiger partial charge in [-0.25, -0.2) is 42.8 Å². The van der Waals surface area contributed by atoms with Gasteiger partial charge >= 0.3 is 36.9 Å². The molecule has 6 aromatic heterocycles. The first kappa shape index (κ1) is 55.6. The predicted molar refractivity (Wildman–Crippen MR) is 244 cm³/mol. The molecule has 0 radical (unpaired) electrons. The highest BCUT2D eigenvalue weighted by molar-refractivity contribution is 7.66. The van der Waals surface area contributed by atoms with Gasteiger partial charge in [0.05, 0.1) is 39.5 Å². The lowest BCUT2D eigenvalue weighted by molar-refractivity contribution is -0.745. The van der Waals surface area contributed by atoms with Crippen LogP contribution in [-0.2, 0) is 71.0 Å². The fourth-order valence-electron chi connectivity index (χ4n) is 8.45. The van der Waals surface area contributed by atoms with Crippen LogP contribution in [0, 0.1) is 0 Å². The number of anilines is 3. The van der Waals surface area contributed by atoms with E-state index in [0.717, 1.165) is 28.9 Å². The van der Waals surface area contributed by atoms with Crippen LogP contribution in [0.25, 0.3) is 33.5 Å². The number of rotatable bonds is 20. The van der Waals surface area contributed by atoms with Crippen LogP contribution in [0.5, 0.6) is 0 Å². The number of aryl methyl sites for hydroxylation is 1. The van der Waals surface area contributed by atoms with Gasteiger partial charge in [0, 0.05) is 14.2 Å². The first-order valence-corrected chi connectivity index (χ1v) is 27.6. The molecule has 7 unspecified atom stereocenters. The second-order valence-electron chi connectivity index (χ2n) is 16.7. The number of ether oxygens (including phenoxy) is 4. The monoisotopic (exact) mass is 1160 g/mol. The number of aliphatic hydroxyl groups is 4. The normalized spacial score (nSPS) is 30.2. The van der Waals surface area contributed by atoms with Crippen LogP contribution in [0.4, 0.5) is 17.7 Å². The van der Waals surface area contributed by atoms with E-state index in [1.165, 1.54) is 35.9 Å². The zero-order valence-electron chi connectivity index (χ0n) is 38.9. The number of phosphoric acid groups is 4. The maximum atomic E-state index is 13.7. The first-order chi connectivity index (χ1) is 35.7. The summed E-state index contributed by atoms with van der Waals surface area (Å²) < 4.78 is 109. The van der Waals surface area contributed by atoms with Gasteiger partial charge in [0.15, 0.2) is 41.4 Å². The molecule has 0 aromatic carbocycles. The maximum Gasteiger partial charge on any atom is 0.490 e. The Bertz CT molecular complexity index is 3490. The van der Waals surface area contributed by atoms with Crippen molar-refractivity contribution in [2.24, 2.45) is 7.05 Å². The van der Waals surface area contributed by atoms with E-state index in [1.807, 2.05) is 0 Å². The van der Waals surface area contributed by atoms with Crippen molar-refractivity contribution >= 4 is 82.5 Å². The Morgan fingerprint density at radius 3 is 1.92 bits per heavy atom. The molecule has 0 bridgehead atoms. The minimum absolute atomic E-state index is 0.0219. The summed E-state index contributed by atoms with van der Waals surface area (Å²) >= 11 is 0. The van der Waals surface area contributed by atoms with Crippen molar-refractivity contribution in [1.29, 1.82) is 0 Å². The summed E-state index contributed by atoms with van der Waals surface area (Å²) in [6.07, 6.45) is -15.5. The third kappa shape index (κ3) is 11.0. The van der Waals surface area contributed by atoms with E-state index in [0.29, 0.717) is 0 Å². The lowest BCUT2D eigenvalue weighted by Gasteiger charge is -2.26. The summed E-state index contributed by atoms with van der Waals surface area (Å²) in [4.78, 5) is 96.2. The Morgan fingerprint density at radius 2 is 1.26 bits per heavy atom. The molecule has 15 N–H and O–H groups in total. The Morgan fingerprint density at radius 1 is 0.697 bits per heavy atom. The Kier molecular flexibility index (Phi) is 15.3. The second-order valence-corrected chi connectivity index (χ2v) is 22.7. The summed E-state index contributed by atoms with van der Waals surface area (Å²) in [5, 5.41) is 46.0. The Hall–Kier alpha value is -5.15. The SMILES string of the molecule is CNc1ncnc2c1ncn2[C@@H]1O[C@H](COP(=O)(O)OP(=O)(O)OP(=O)(O)OC[C@H]2O[C@@H]([n+]3cn(C)c4c(=O)[nH]c(N)nc43)C(O)[C@H]2O)C(OP(=O)(O)OC[C@H]2O[C@@H](n3cnc4c(=O)[nH]c(N)nc43)[C@@H](O)C2O)[C@@H]1OC. The number of aliphatic hydroxyl groups excluding tert-OH is 4. The average molecular weight is 1160 g/mol. The molecule has 39 nitrogen and oxygen atoms in total. The summed E-state index contributed by atoms with van der Waals surface area (Å²) in [5.41, 5.74) is 9.73. The number of aromatic amines is 2. The van der Waals surface area contributed by atoms with E-state index in [2.05, 4.69) is 53.8 Å². The molecule has 3 aliphatic heterocycles. The van der Waals surface area contributed by atoms with Crippen molar-refractivity contribution in [2.45, 2.75) is 73.6 Å². The topological polar surface area (TPSA) is 548 Å². The maximum absolute atomic E-state index is 13.7. The lowest BCUT2D eigenvalue weighted by Crippen LogP contribution is -2.46. The molecule has 9 rings (SSSR count). The van der Waals surface area contributed by atoms with Crippen molar-refractivity contribution in [3.05, 3.63) is 46.0 Å². The van der Waals surface area contributed by atoms with Crippen LogP contribution in [-0.4, -0.2) is 182 Å². The largest absolute Gasteiger partial charge is 0.490 e. The molecule has 0 spiro atoms. The number of H-pyrrole nitrogens is 2. The molecule has 3 fully saturated rings. The fourth-order valence-corrected chi connectivity index (χ4v) is 12.9. The van der Waals surface area contributed by atoms with Crippen molar-refractivity contribution in [2.75, 3.05) is 50.8 Å². The van der Waals surface area contributed by atoms with Gasteiger partial charge < -0.3 is 75.7 Å². The summed E-state index contributed by atoms with van der Waals surface area (Å²) in [7, 11) is -19.4. The minimum Gasteiger partial charge on any atom is -0.387 e. The van der Waals surface area contributed by atoms with E-state index in [9.17, 15) is 67.8 Å². The highest BCUT2D eigenvalue weighted by Crippen LogP contribution is 2.68. The standard InChI is InChI=1S/C33H45N15O24P4/c1-36-23-14-24(38-7-37-23)46(8-39-14)31-22(63-3)21(70-73(55,56)64-4-11-17(49)19(51)29(67-11)47-9-40-15-25(47)41-32(34)43-27(15)53)13(69-31)6-66-75(59,60)72-76(61,62)71-74(57,58)65-5-12-18(50)20(52)30(68-12)48-10-45(2)16-26(48)42-33(35)44-28(16)54/h7-13,17-22,29-31,49-52H,4-6H2,1-3H3,(H10-,34,35,36,37,38,41,42,43,44,53,54,55,56,57,58,59,60,61,62)/p+1/t11-,12-,13-,17?,18+,19+,20?,21?,22+,29-,30-,31-/m1/s1. The van der Waals surface area contributed by atoms with Gasteiger partial charge in [-0.1, -0.05) is 4.98 Å². The highest BCUT2D eigenvalue weighted by atomic mass is 31.3. The molecule has 9 heterocycles. The summed E-state index contributed by atoms with van der Waals surface area (Å²) in [5.74, 6) is -0.373. The third-order valence-corrected chi connectivity index (χ3v) is 17.0. The van der Waals surface area contributed by atoms with Gasteiger partial charge in [0.2, 0.25) is 17.7 Å². The van der Waals surface area contributed by atoms with E-state index in [-0.39, 0.29) is 51.2 Å². The number of imidazole rings is 3. The van der Waals surface area contributed by atoms with E-state index in [4.69, 9.17) is 48.5 Å². The molecular formula is C33H46N15O24P4+. The number of nitrogens with zero attached hydrogens (tertiary/aromatic N) is 10. The molecule has 416 valence electrons.